The smallest absolute Gasteiger partial charge is 0.384 e. The molecule has 0 radical (unpaired) electrons. The lowest BCUT2D eigenvalue weighted by molar-refractivity contribution is 0.381. The first-order valence-corrected chi connectivity index (χ1v) is 6.94. The number of benzene rings is 1. The fourth-order valence-corrected chi connectivity index (χ4v) is 1.48. The van der Waals surface area contributed by atoms with Crippen LogP contribution in [0.2, 0.25) is 0 Å². The fraction of sp³-hybridized carbons (Fsp3) is 0.273. The van der Waals surface area contributed by atoms with Gasteiger partial charge in [-0.2, -0.15) is 13.5 Å². The summed E-state index contributed by atoms with van der Waals surface area (Å²) in [5.41, 5.74) is 13.0. The zero-order valence-electron chi connectivity index (χ0n) is 10.8. The van der Waals surface area contributed by atoms with Crippen LogP contribution >= 0.6 is 0 Å². The van der Waals surface area contributed by atoms with E-state index in [1.165, 1.54) is 0 Å². The summed E-state index contributed by atoms with van der Waals surface area (Å²) in [5, 5.41) is 7.84. The van der Waals surface area contributed by atoms with E-state index in [0.29, 0.717) is 12.3 Å². The minimum atomic E-state index is -4.67. The Morgan fingerprint density at radius 3 is 2.10 bits per heavy atom. The van der Waals surface area contributed by atoms with Crippen LogP contribution < -0.4 is 11.5 Å². The first kappa shape index (κ1) is 16.2. The van der Waals surface area contributed by atoms with Gasteiger partial charge in [0, 0.05) is 6.42 Å². The molecule has 1 heterocycles. The topological polar surface area (TPSA) is 151 Å². The molecule has 1 aliphatic heterocycles. The molecular formula is C11H16N4O4S. The number of nitrogens with zero attached hydrogens (tertiary/aromatic N) is 2. The van der Waals surface area contributed by atoms with E-state index in [1.54, 1.807) is 0 Å². The summed E-state index contributed by atoms with van der Waals surface area (Å²) < 4.78 is 31.6. The first-order valence-electron chi connectivity index (χ1n) is 5.54. The summed E-state index contributed by atoms with van der Waals surface area (Å²) in [7, 11) is -4.67. The number of hydrogen-bond donors (Lipinski definition) is 4. The summed E-state index contributed by atoms with van der Waals surface area (Å²) in [6.45, 7) is 1.83. The molecule has 6 N–H and O–H groups in total. The molecule has 2 rings (SSSR count). The second-order valence-electron chi connectivity index (χ2n) is 4.34. The monoisotopic (exact) mass is 300 g/mol. The molecule has 20 heavy (non-hydrogen) atoms. The van der Waals surface area contributed by atoms with Gasteiger partial charge < -0.3 is 11.5 Å². The van der Waals surface area contributed by atoms with E-state index in [2.05, 4.69) is 10.2 Å². The molecule has 1 unspecified atom stereocenters. The summed E-state index contributed by atoms with van der Waals surface area (Å²) in [6, 6.07) is 10.0. The van der Waals surface area contributed by atoms with E-state index >= 15 is 0 Å². The van der Waals surface area contributed by atoms with Gasteiger partial charge in [-0.15, -0.1) is 5.10 Å². The number of nitrogens with two attached hydrogens (primary N) is 2. The van der Waals surface area contributed by atoms with Crippen LogP contribution in [0.25, 0.3) is 0 Å². The highest BCUT2D eigenvalue weighted by Gasteiger charge is 2.34. The third-order valence-corrected chi connectivity index (χ3v) is 2.62. The number of amidine groups is 1. The molecule has 0 aliphatic carbocycles. The molecule has 0 bridgehead atoms. The molecule has 0 saturated heterocycles. The van der Waals surface area contributed by atoms with Gasteiger partial charge in [0.05, 0.1) is 5.71 Å². The van der Waals surface area contributed by atoms with Gasteiger partial charge in [-0.05, 0) is 12.5 Å². The Labute approximate surface area is 116 Å². The Morgan fingerprint density at radius 2 is 1.70 bits per heavy atom. The zero-order chi connectivity index (χ0) is 15.4. The summed E-state index contributed by atoms with van der Waals surface area (Å²) in [4.78, 5) is 0. The third-order valence-electron chi connectivity index (χ3n) is 2.62. The Morgan fingerprint density at radius 1 is 1.20 bits per heavy atom. The van der Waals surface area contributed by atoms with Gasteiger partial charge in [0.1, 0.15) is 11.4 Å². The van der Waals surface area contributed by atoms with Crippen molar-refractivity contribution < 1.29 is 17.5 Å². The standard InChI is InChI=1S/C11H14N4.H2O4S/c1-11(13)9(14-15-10(11)12)7-8-5-3-2-4-6-8;1-5(2,3)4/h2-6H,7,13H2,1H3,(H2,12,15);(H2,1,2,3,4). The van der Waals surface area contributed by atoms with Gasteiger partial charge in [-0.3, -0.25) is 9.11 Å². The lowest BCUT2D eigenvalue weighted by Crippen LogP contribution is -2.53. The Balaban J connectivity index is 0.000000347. The molecule has 1 aromatic carbocycles. The van der Waals surface area contributed by atoms with Crippen molar-refractivity contribution in [1.82, 2.24) is 0 Å². The molecule has 1 aliphatic rings. The van der Waals surface area contributed by atoms with Crippen LogP contribution in [0.3, 0.4) is 0 Å². The molecule has 110 valence electrons. The highest BCUT2D eigenvalue weighted by Crippen LogP contribution is 2.15. The van der Waals surface area contributed by atoms with Crippen LogP contribution in [0.5, 0.6) is 0 Å². The van der Waals surface area contributed by atoms with Crippen LogP contribution in [0.15, 0.2) is 40.5 Å². The van der Waals surface area contributed by atoms with E-state index in [-0.39, 0.29) is 0 Å². The normalized spacial score (nSPS) is 21.6. The van der Waals surface area contributed by atoms with Gasteiger partial charge >= 0.3 is 10.4 Å². The lowest BCUT2D eigenvalue weighted by atomic mass is 9.91. The summed E-state index contributed by atoms with van der Waals surface area (Å²) in [5.74, 6) is 0.383. The Bertz CT molecular complexity index is 615. The van der Waals surface area contributed by atoms with E-state index in [0.717, 1.165) is 11.3 Å². The van der Waals surface area contributed by atoms with Crippen LogP contribution in [0.4, 0.5) is 0 Å². The summed E-state index contributed by atoms with van der Waals surface area (Å²) in [6.07, 6.45) is 0.692. The van der Waals surface area contributed by atoms with Crippen molar-refractivity contribution in [2.75, 3.05) is 0 Å². The van der Waals surface area contributed by atoms with Gasteiger partial charge in [-0.1, -0.05) is 30.3 Å². The number of hydrogen-bond acceptors (Lipinski definition) is 6. The average Bonchev–Trinajstić information content (AvgIpc) is 2.55. The lowest BCUT2D eigenvalue weighted by Gasteiger charge is -2.19. The molecule has 9 heteroatoms. The van der Waals surface area contributed by atoms with Gasteiger partial charge in [0.25, 0.3) is 0 Å². The highest BCUT2D eigenvalue weighted by atomic mass is 32.3. The highest BCUT2D eigenvalue weighted by molar-refractivity contribution is 7.79. The van der Waals surface area contributed by atoms with Gasteiger partial charge in [0.15, 0.2) is 0 Å². The quantitative estimate of drug-likeness (QED) is 0.565. The van der Waals surface area contributed by atoms with Crippen LogP contribution in [0.1, 0.15) is 12.5 Å². The van der Waals surface area contributed by atoms with Gasteiger partial charge in [-0.25, -0.2) is 0 Å². The molecule has 0 amide bonds. The Kier molecular flexibility index (Phi) is 4.95. The molecule has 1 aromatic rings. The summed E-state index contributed by atoms with van der Waals surface area (Å²) >= 11 is 0. The van der Waals surface area contributed by atoms with E-state index < -0.39 is 15.9 Å². The molecule has 0 aromatic heterocycles. The molecule has 8 nitrogen and oxygen atoms in total. The van der Waals surface area contributed by atoms with Gasteiger partial charge in [0.2, 0.25) is 0 Å². The predicted octanol–water partition coefficient (Wildman–Crippen LogP) is 0.0205. The zero-order valence-corrected chi connectivity index (χ0v) is 11.6. The number of rotatable bonds is 2. The van der Waals surface area contributed by atoms with Crippen molar-refractivity contribution in [3.63, 3.8) is 0 Å². The van der Waals surface area contributed by atoms with Crippen LogP contribution in [0, 0.1) is 0 Å². The molecular weight excluding hydrogens is 284 g/mol. The van der Waals surface area contributed by atoms with E-state index in [9.17, 15) is 0 Å². The van der Waals surface area contributed by atoms with Crippen molar-refractivity contribution in [2.45, 2.75) is 18.9 Å². The predicted molar refractivity (Wildman–Crippen MR) is 76.0 cm³/mol. The molecule has 0 fully saturated rings. The maximum Gasteiger partial charge on any atom is 0.394 e. The van der Waals surface area contributed by atoms with Crippen LogP contribution in [-0.2, 0) is 16.8 Å². The molecule has 0 spiro atoms. The minimum absolute atomic E-state index is 0.383. The van der Waals surface area contributed by atoms with Crippen molar-refractivity contribution in [1.29, 1.82) is 0 Å². The van der Waals surface area contributed by atoms with Crippen molar-refractivity contribution in [2.24, 2.45) is 21.7 Å². The molecule has 0 saturated carbocycles. The van der Waals surface area contributed by atoms with E-state index in [4.69, 9.17) is 29.0 Å². The Hall–Kier alpha value is -1.81. The van der Waals surface area contributed by atoms with Crippen molar-refractivity contribution in [3.05, 3.63) is 35.9 Å². The minimum Gasteiger partial charge on any atom is -0.384 e. The van der Waals surface area contributed by atoms with Crippen molar-refractivity contribution >= 4 is 21.9 Å². The first-order chi connectivity index (χ1) is 9.10. The maximum atomic E-state index is 8.74. The molecule has 1 atom stereocenters. The maximum absolute atomic E-state index is 8.74. The second kappa shape index (κ2) is 6.09. The fourth-order valence-electron chi connectivity index (χ4n) is 1.48. The second-order valence-corrected chi connectivity index (χ2v) is 5.24. The third kappa shape index (κ3) is 5.05. The largest absolute Gasteiger partial charge is 0.394 e. The van der Waals surface area contributed by atoms with Crippen molar-refractivity contribution in [3.8, 4) is 0 Å². The SMILES string of the molecule is CC1(N)C(N)=NN=C1Cc1ccccc1.O=S(=O)(O)O. The average molecular weight is 300 g/mol. The van der Waals surface area contributed by atoms with E-state index in [1.807, 2.05) is 37.3 Å². The van der Waals surface area contributed by atoms with Crippen LogP contribution in [-0.4, -0.2) is 34.6 Å².